The number of likely N-dealkylation sites (N-methyl/N-ethyl adjacent to an activating group) is 1. The molecule has 4 nitrogen and oxygen atoms in total. The lowest BCUT2D eigenvalue weighted by Gasteiger charge is -2.10. The van der Waals surface area contributed by atoms with Crippen LogP contribution < -0.4 is 0 Å². The van der Waals surface area contributed by atoms with Crippen molar-refractivity contribution >= 4 is 12.2 Å². The van der Waals surface area contributed by atoms with Crippen LogP contribution in [0.4, 0.5) is 0 Å². The zero-order valence-corrected chi connectivity index (χ0v) is 8.62. The summed E-state index contributed by atoms with van der Waals surface area (Å²) >= 11 is 0. The van der Waals surface area contributed by atoms with E-state index < -0.39 is 0 Å². The number of hydrogen-bond donors (Lipinski definition) is 0. The summed E-state index contributed by atoms with van der Waals surface area (Å²) in [7, 11) is 1.75. The predicted molar refractivity (Wildman–Crippen MR) is 52.7 cm³/mol. The molecule has 0 fully saturated rings. The minimum atomic E-state index is -0.237. The van der Waals surface area contributed by atoms with Gasteiger partial charge < -0.3 is 4.74 Å². The Morgan fingerprint density at radius 1 is 1.54 bits per heavy atom. The van der Waals surface area contributed by atoms with Crippen molar-refractivity contribution < 1.29 is 9.53 Å². The summed E-state index contributed by atoms with van der Waals surface area (Å²) < 4.78 is 4.76. The number of unbranched alkanes of at least 4 members (excludes halogenated alkanes) is 1. The monoisotopic (exact) mass is 186 g/mol. The highest BCUT2D eigenvalue weighted by molar-refractivity contribution is 5.71. The molecule has 0 aromatic rings. The summed E-state index contributed by atoms with van der Waals surface area (Å²) in [4.78, 5) is 10.9. The molecule has 0 rings (SSSR count). The maximum Gasteiger partial charge on any atom is 0.327 e. The van der Waals surface area contributed by atoms with Crippen molar-refractivity contribution in [1.82, 2.24) is 5.01 Å². The minimum absolute atomic E-state index is 0.216. The summed E-state index contributed by atoms with van der Waals surface area (Å²) in [6.45, 7) is 4.51. The van der Waals surface area contributed by atoms with E-state index in [0.717, 1.165) is 12.8 Å². The molecule has 0 saturated carbocycles. The average molecular weight is 186 g/mol. The van der Waals surface area contributed by atoms with Gasteiger partial charge >= 0.3 is 5.97 Å². The number of carbonyl (C=O) groups is 1. The van der Waals surface area contributed by atoms with Crippen molar-refractivity contribution in [3.63, 3.8) is 0 Å². The van der Waals surface area contributed by atoms with E-state index in [-0.39, 0.29) is 12.5 Å². The predicted octanol–water partition coefficient (Wildman–Crippen LogP) is 1.27. The van der Waals surface area contributed by atoms with Gasteiger partial charge in [0.05, 0.1) is 6.61 Å². The standard InChI is InChI=1S/C9H18N2O2/c1-4-6-7-10-11(3)8-9(12)13-5-2/h7H,4-6,8H2,1-3H3/b10-7+. The van der Waals surface area contributed by atoms with E-state index in [0.29, 0.717) is 6.61 Å². The molecule has 76 valence electrons. The minimum Gasteiger partial charge on any atom is -0.465 e. The molecule has 0 bridgehead atoms. The van der Waals surface area contributed by atoms with Crippen LogP contribution in [0.5, 0.6) is 0 Å². The SMILES string of the molecule is CCC/C=N/N(C)CC(=O)OCC. The highest BCUT2D eigenvalue weighted by atomic mass is 16.5. The fourth-order valence-electron chi connectivity index (χ4n) is 0.761. The van der Waals surface area contributed by atoms with Crippen LogP contribution in [-0.4, -0.2) is 37.4 Å². The number of rotatable bonds is 6. The highest BCUT2D eigenvalue weighted by Crippen LogP contribution is 1.88. The van der Waals surface area contributed by atoms with Gasteiger partial charge in [-0.25, -0.2) is 0 Å². The van der Waals surface area contributed by atoms with Gasteiger partial charge in [0.15, 0.2) is 0 Å². The summed E-state index contributed by atoms with van der Waals surface area (Å²) in [6.07, 6.45) is 3.81. The number of hydrazone groups is 1. The maximum absolute atomic E-state index is 10.9. The third-order valence-corrected chi connectivity index (χ3v) is 1.36. The molecule has 0 aliphatic heterocycles. The van der Waals surface area contributed by atoms with E-state index in [1.807, 2.05) is 0 Å². The smallest absolute Gasteiger partial charge is 0.327 e. The number of ether oxygens (including phenoxy) is 1. The number of hydrogen-bond acceptors (Lipinski definition) is 4. The zero-order valence-electron chi connectivity index (χ0n) is 8.62. The molecule has 0 spiro atoms. The van der Waals surface area contributed by atoms with E-state index in [9.17, 15) is 4.79 Å². The van der Waals surface area contributed by atoms with E-state index >= 15 is 0 Å². The van der Waals surface area contributed by atoms with Crippen LogP contribution in [0.15, 0.2) is 5.10 Å². The van der Waals surface area contributed by atoms with E-state index in [1.54, 1.807) is 25.2 Å². The van der Waals surface area contributed by atoms with Gasteiger partial charge in [0, 0.05) is 13.3 Å². The number of carbonyl (C=O) groups excluding carboxylic acids is 1. The van der Waals surface area contributed by atoms with Crippen LogP contribution in [0, 0.1) is 0 Å². The van der Waals surface area contributed by atoms with E-state index in [4.69, 9.17) is 4.74 Å². The Morgan fingerprint density at radius 2 is 2.23 bits per heavy atom. The fourth-order valence-corrected chi connectivity index (χ4v) is 0.761. The first-order valence-corrected chi connectivity index (χ1v) is 4.59. The van der Waals surface area contributed by atoms with E-state index in [2.05, 4.69) is 12.0 Å². The molecule has 0 amide bonds. The number of nitrogens with zero attached hydrogens (tertiary/aromatic N) is 2. The van der Waals surface area contributed by atoms with Gasteiger partial charge in [-0.05, 0) is 13.3 Å². The summed E-state index contributed by atoms with van der Waals surface area (Å²) in [6, 6.07) is 0. The van der Waals surface area contributed by atoms with Crippen molar-refractivity contribution in [2.75, 3.05) is 20.2 Å². The second-order valence-corrected chi connectivity index (χ2v) is 2.71. The molecule has 0 unspecified atom stereocenters. The van der Waals surface area contributed by atoms with Crippen molar-refractivity contribution in [2.45, 2.75) is 26.7 Å². The van der Waals surface area contributed by atoms with Crippen molar-refractivity contribution in [2.24, 2.45) is 5.10 Å². The van der Waals surface area contributed by atoms with Gasteiger partial charge in [-0.3, -0.25) is 9.80 Å². The Labute approximate surface area is 79.6 Å². The second-order valence-electron chi connectivity index (χ2n) is 2.71. The van der Waals surface area contributed by atoms with E-state index in [1.165, 1.54) is 0 Å². The maximum atomic E-state index is 10.9. The van der Waals surface area contributed by atoms with Gasteiger partial charge in [-0.15, -0.1) is 0 Å². The Morgan fingerprint density at radius 3 is 2.77 bits per heavy atom. The largest absolute Gasteiger partial charge is 0.465 e. The Hall–Kier alpha value is -1.06. The van der Waals surface area contributed by atoms with Crippen LogP contribution in [0.2, 0.25) is 0 Å². The zero-order chi connectivity index (χ0) is 10.1. The van der Waals surface area contributed by atoms with Crippen LogP contribution in [0.25, 0.3) is 0 Å². The van der Waals surface area contributed by atoms with Crippen molar-refractivity contribution in [1.29, 1.82) is 0 Å². The van der Waals surface area contributed by atoms with Crippen LogP contribution in [0.3, 0.4) is 0 Å². The molecule has 0 aromatic heterocycles. The van der Waals surface area contributed by atoms with Gasteiger partial charge in [0.25, 0.3) is 0 Å². The summed E-state index contributed by atoms with van der Waals surface area (Å²) in [5, 5.41) is 5.62. The molecule has 0 aliphatic rings. The summed E-state index contributed by atoms with van der Waals surface area (Å²) in [5.41, 5.74) is 0. The van der Waals surface area contributed by atoms with Crippen LogP contribution in [-0.2, 0) is 9.53 Å². The quantitative estimate of drug-likeness (QED) is 0.356. The van der Waals surface area contributed by atoms with Gasteiger partial charge in [0.2, 0.25) is 0 Å². The van der Waals surface area contributed by atoms with Crippen LogP contribution in [0.1, 0.15) is 26.7 Å². The molecule has 0 aromatic carbocycles. The Bertz CT molecular complexity index is 169. The van der Waals surface area contributed by atoms with Crippen molar-refractivity contribution in [3.8, 4) is 0 Å². The highest BCUT2D eigenvalue weighted by Gasteiger charge is 2.03. The fraction of sp³-hybridized carbons (Fsp3) is 0.778. The van der Waals surface area contributed by atoms with Crippen LogP contribution >= 0.6 is 0 Å². The topological polar surface area (TPSA) is 41.9 Å². The third-order valence-electron chi connectivity index (χ3n) is 1.36. The molecule has 13 heavy (non-hydrogen) atoms. The lowest BCUT2D eigenvalue weighted by molar-refractivity contribution is -0.144. The van der Waals surface area contributed by atoms with Gasteiger partial charge in [-0.1, -0.05) is 13.3 Å². The Balaban J connectivity index is 3.60. The molecule has 4 heteroatoms. The summed E-state index contributed by atoms with van der Waals surface area (Å²) in [5.74, 6) is -0.237. The van der Waals surface area contributed by atoms with Crippen molar-refractivity contribution in [3.05, 3.63) is 0 Å². The van der Waals surface area contributed by atoms with Gasteiger partial charge in [0.1, 0.15) is 6.54 Å². The molecule has 0 radical (unpaired) electrons. The molecule has 0 N–H and O–H groups in total. The average Bonchev–Trinajstić information content (AvgIpc) is 2.05. The second kappa shape index (κ2) is 7.58. The third kappa shape index (κ3) is 7.31. The first kappa shape index (κ1) is 11.9. The normalized spacial score (nSPS) is 10.4. The molecule has 0 heterocycles. The molecular weight excluding hydrogens is 168 g/mol. The first-order valence-electron chi connectivity index (χ1n) is 4.59. The molecular formula is C9H18N2O2. The molecule has 0 atom stereocenters. The lowest BCUT2D eigenvalue weighted by Crippen LogP contribution is -2.23. The Kier molecular flexibility index (Phi) is 6.96. The number of esters is 1. The molecule has 0 saturated heterocycles. The first-order chi connectivity index (χ1) is 6.20. The van der Waals surface area contributed by atoms with Gasteiger partial charge in [-0.2, -0.15) is 5.10 Å². The lowest BCUT2D eigenvalue weighted by atomic mass is 10.4. The molecule has 0 aliphatic carbocycles.